The van der Waals surface area contributed by atoms with E-state index < -0.39 is 30.0 Å². The van der Waals surface area contributed by atoms with E-state index in [2.05, 4.69) is 4.98 Å². The summed E-state index contributed by atoms with van der Waals surface area (Å²) >= 11 is 1.22. The van der Waals surface area contributed by atoms with E-state index in [-0.39, 0.29) is 37.7 Å². The van der Waals surface area contributed by atoms with Crippen LogP contribution in [0, 0.1) is 5.82 Å². The highest BCUT2D eigenvalue weighted by Gasteiger charge is 2.29. The van der Waals surface area contributed by atoms with Gasteiger partial charge in [0.25, 0.3) is 11.8 Å². The van der Waals surface area contributed by atoms with Gasteiger partial charge in [-0.15, -0.1) is 11.3 Å². The predicted molar refractivity (Wildman–Crippen MR) is 118 cm³/mol. The molecule has 3 atom stereocenters. The highest BCUT2D eigenvalue weighted by Crippen LogP contribution is 2.14. The second kappa shape index (κ2) is 12.1. The van der Waals surface area contributed by atoms with E-state index in [1.807, 2.05) is 0 Å². The van der Waals surface area contributed by atoms with Crippen molar-refractivity contribution >= 4 is 23.2 Å². The molecule has 11 heteroatoms. The maximum Gasteiger partial charge on any atom is 0.265 e. The summed E-state index contributed by atoms with van der Waals surface area (Å²) < 4.78 is 18.7. The minimum Gasteiger partial charge on any atom is -0.388 e. The number of ether oxygens (including phenoxy) is 1. The van der Waals surface area contributed by atoms with Gasteiger partial charge in [-0.2, -0.15) is 0 Å². The van der Waals surface area contributed by atoms with Crippen molar-refractivity contribution in [2.45, 2.75) is 31.2 Å². The molecule has 3 rings (SSSR count). The van der Waals surface area contributed by atoms with Crippen molar-refractivity contribution < 1.29 is 34.0 Å². The molecule has 3 N–H and O–H groups in total. The van der Waals surface area contributed by atoms with Gasteiger partial charge in [0.15, 0.2) is 0 Å². The molecule has 33 heavy (non-hydrogen) atoms. The molecule has 1 saturated heterocycles. The molecule has 1 fully saturated rings. The number of benzene rings is 1. The number of hydrogen-bond acceptors (Lipinski definition) is 8. The monoisotopic (exact) mass is 481 g/mol. The molecule has 180 valence electrons. The Bertz CT molecular complexity index is 898. The zero-order valence-electron chi connectivity index (χ0n) is 18.0. The molecule has 1 aromatic heterocycles. The van der Waals surface area contributed by atoms with Gasteiger partial charge in [-0.1, -0.05) is 0 Å². The van der Waals surface area contributed by atoms with Crippen LogP contribution >= 0.6 is 11.3 Å². The van der Waals surface area contributed by atoms with Gasteiger partial charge in [0.1, 0.15) is 29.0 Å². The van der Waals surface area contributed by atoms with Crippen LogP contribution in [0.4, 0.5) is 4.39 Å². The number of aliphatic hydroxyl groups excluding tert-OH is 3. The summed E-state index contributed by atoms with van der Waals surface area (Å²) in [5, 5.41) is 30.9. The van der Waals surface area contributed by atoms with Crippen LogP contribution in [0.5, 0.6) is 0 Å². The lowest BCUT2D eigenvalue weighted by atomic mass is 10.1. The van der Waals surface area contributed by atoms with E-state index in [0.717, 1.165) is 12.1 Å². The van der Waals surface area contributed by atoms with E-state index in [9.17, 15) is 29.3 Å². The Morgan fingerprint density at radius 1 is 1.00 bits per heavy atom. The average molecular weight is 482 g/mol. The Balaban J connectivity index is 1.82. The van der Waals surface area contributed by atoms with Crippen molar-refractivity contribution in [3.8, 4) is 0 Å². The van der Waals surface area contributed by atoms with Crippen LogP contribution in [0.15, 0.2) is 36.0 Å². The highest BCUT2D eigenvalue weighted by atomic mass is 32.1. The van der Waals surface area contributed by atoms with E-state index in [1.165, 1.54) is 34.6 Å². The van der Waals surface area contributed by atoms with Crippen LogP contribution in [0.1, 0.15) is 32.9 Å². The van der Waals surface area contributed by atoms with Gasteiger partial charge < -0.3 is 29.9 Å². The minimum atomic E-state index is -1.54. The SMILES string of the molecule is O=C(c1ccc(F)cc1)N1CCN(C(=O)c2cncs2)CCCCOC[C@@H](O)[C@H](O)[C@@H](O)C1. The number of thiazole rings is 1. The maximum atomic E-state index is 13.3. The molecule has 0 saturated carbocycles. The lowest BCUT2D eigenvalue weighted by Crippen LogP contribution is -2.50. The molecule has 0 spiro atoms. The Morgan fingerprint density at radius 2 is 1.73 bits per heavy atom. The van der Waals surface area contributed by atoms with Gasteiger partial charge in [-0.25, -0.2) is 4.39 Å². The third-order valence-corrected chi connectivity index (χ3v) is 6.16. The van der Waals surface area contributed by atoms with Crippen LogP contribution in [0.2, 0.25) is 0 Å². The van der Waals surface area contributed by atoms with Crippen molar-refractivity contribution in [2.75, 3.05) is 39.4 Å². The van der Waals surface area contributed by atoms with Gasteiger partial charge in [0, 0.05) is 38.3 Å². The van der Waals surface area contributed by atoms with Crippen molar-refractivity contribution in [3.05, 3.63) is 52.2 Å². The molecule has 1 aliphatic rings. The molecule has 0 unspecified atom stereocenters. The number of rotatable bonds is 2. The minimum absolute atomic E-state index is 0.0666. The van der Waals surface area contributed by atoms with Crippen molar-refractivity contribution in [2.24, 2.45) is 0 Å². The Hall–Kier alpha value is -2.44. The molecule has 0 radical (unpaired) electrons. The third kappa shape index (κ3) is 7.02. The summed E-state index contributed by atoms with van der Waals surface area (Å²) in [6.07, 6.45) is -1.57. The third-order valence-electron chi connectivity index (χ3n) is 5.40. The number of amides is 2. The molecule has 0 aliphatic carbocycles. The molecule has 1 aromatic carbocycles. The summed E-state index contributed by atoms with van der Waals surface area (Å²) in [7, 11) is 0. The number of β-amino-alcohol motifs (C(OH)–C–C–N with tert-alkyl or cyclic N) is 1. The zero-order valence-corrected chi connectivity index (χ0v) is 18.9. The van der Waals surface area contributed by atoms with Crippen LogP contribution in [0.25, 0.3) is 0 Å². The number of halogens is 1. The fourth-order valence-corrected chi connectivity index (χ4v) is 4.07. The van der Waals surface area contributed by atoms with Gasteiger partial charge in [0.2, 0.25) is 0 Å². The van der Waals surface area contributed by atoms with Gasteiger partial charge in [-0.3, -0.25) is 14.6 Å². The largest absolute Gasteiger partial charge is 0.388 e. The quantitative estimate of drug-likeness (QED) is 0.579. The molecule has 1 aliphatic heterocycles. The summed E-state index contributed by atoms with van der Waals surface area (Å²) in [6, 6.07) is 4.97. The maximum absolute atomic E-state index is 13.3. The predicted octanol–water partition coefficient (Wildman–Crippen LogP) is 0.760. The lowest BCUT2D eigenvalue weighted by molar-refractivity contribution is -0.0932. The second-order valence-electron chi connectivity index (χ2n) is 7.82. The molecule has 2 heterocycles. The van der Waals surface area contributed by atoms with Crippen molar-refractivity contribution in [1.82, 2.24) is 14.8 Å². The van der Waals surface area contributed by atoms with E-state index in [1.54, 1.807) is 10.4 Å². The fraction of sp³-hybridized carbons (Fsp3) is 0.500. The summed E-state index contributed by atoms with van der Waals surface area (Å²) in [5.74, 6) is -1.20. The first-order valence-electron chi connectivity index (χ1n) is 10.7. The van der Waals surface area contributed by atoms with E-state index in [4.69, 9.17) is 4.74 Å². The number of nitrogens with zero attached hydrogens (tertiary/aromatic N) is 3. The fourth-order valence-electron chi connectivity index (χ4n) is 3.48. The number of aliphatic hydroxyl groups is 3. The van der Waals surface area contributed by atoms with Crippen LogP contribution in [0.3, 0.4) is 0 Å². The zero-order chi connectivity index (χ0) is 23.8. The van der Waals surface area contributed by atoms with Gasteiger partial charge >= 0.3 is 0 Å². The first-order valence-corrected chi connectivity index (χ1v) is 11.6. The van der Waals surface area contributed by atoms with Crippen LogP contribution in [-0.4, -0.2) is 99.6 Å². The first kappa shape index (κ1) is 25.2. The Labute approximate surface area is 195 Å². The topological polar surface area (TPSA) is 123 Å². The van der Waals surface area contributed by atoms with Crippen LogP contribution < -0.4 is 0 Å². The molecule has 0 bridgehead atoms. The Kier molecular flexibility index (Phi) is 9.27. The van der Waals surface area contributed by atoms with E-state index in [0.29, 0.717) is 30.9 Å². The smallest absolute Gasteiger partial charge is 0.265 e. The standard InChI is InChI=1S/C22H28FN3O6S/c23-16-5-3-15(4-6-16)21(30)26-9-8-25(22(31)19-11-24-14-33-19)7-1-2-10-32-13-18(28)20(29)17(27)12-26/h3-6,11,14,17-18,20,27-29H,1-2,7-10,12-13H2/t17-,18+,20+/m0/s1. The normalized spacial score (nSPS) is 23.7. The summed E-state index contributed by atoms with van der Waals surface area (Å²) in [5.41, 5.74) is 1.77. The van der Waals surface area contributed by atoms with Gasteiger partial charge in [-0.05, 0) is 37.1 Å². The van der Waals surface area contributed by atoms with Gasteiger partial charge in [0.05, 0.1) is 18.3 Å². The summed E-state index contributed by atoms with van der Waals surface area (Å²) in [6.45, 7) is 0.530. The second-order valence-corrected chi connectivity index (χ2v) is 8.71. The molecular weight excluding hydrogens is 453 g/mol. The van der Waals surface area contributed by atoms with Crippen molar-refractivity contribution in [1.29, 1.82) is 0 Å². The number of hydrogen-bond donors (Lipinski definition) is 3. The molecular formula is C22H28FN3O6S. The lowest BCUT2D eigenvalue weighted by Gasteiger charge is -2.32. The Morgan fingerprint density at radius 3 is 2.42 bits per heavy atom. The molecule has 2 aromatic rings. The number of carbonyl (C=O) groups is 2. The average Bonchev–Trinajstić information content (AvgIpc) is 3.35. The summed E-state index contributed by atoms with van der Waals surface area (Å²) in [4.78, 5) is 33.4. The van der Waals surface area contributed by atoms with E-state index >= 15 is 0 Å². The molecule has 2 amide bonds. The number of aromatic nitrogens is 1. The van der Waals surface area contributed by atoms with Crippen LogP contribution in [-0.2, 0) is 4.74 Å². The first-order chi connectivity index (χ1) is 15.9. The van der Waals surface area contributed by atoms with Crippen molar-refractivity contribution in [3.63, 3.8) is 0 Å². The highest BCUT2D eigenvalue weighted by molar-refractivity contribution is 7.11. The molecule has 9 nitrogen and oxygen atoms in total. The number of carbonyl (C=O) groups excluding carboxylic acids is 2.